The smallest absolute Gasteiger partial charge is 0.319 e. The predicted molar refractivity (Wildman–Crippen MR) is 171 cm³/mol. The summed E-state index contributed by atoms with van der Waals surface area (Å²) in [5.74, 6) is 0.387. The van der Waals surface area contributed by atoms with Gasteiger partial charge < -0.3 is 19.5 Å². The maximum atomic E-state index is 14.9. The van der Waals surface area contributed by atoms with Crippen LogP contribution in [0.2, 0.25) is 0 Å². The molecule has 1 unspecified atom stereocenters. The van der Waals surface area contributed by atoms with Gasteiger partial charge in [-0.3, -0.25) is 9.89 Å². The monoisotopic (exact) mass is 617 g/mol. The highest BCUT2D eigenvalue weighted by Crippen LogP contribution is 2.39. The SMILES string of the molecule is CCc1c(F)ccc2cc(O)cc(C(C)=NC3=c4c(nc(OCC56CCCN5CCC6)n/c4=C\F)N4CCCOCC4CC3)c12. The predicted octanol–water partition coefficient (Wildman–Crippen LogP) is 4.76. The molecule has 7 rings (SSSR count). The third kappa shape index (κ3) is 5.46. The van der Waals surface area contributed by atoms with Crippen molar-refractivity contribution in [3.05, 3.63) is 51.8 Å². The Hall–Kier alpha value is -3.63. The molecule has 5 heterocycles. The summed E-state index contributed by atoms with van der Waals surface area (Å²) in [6.07, 6.45) is 7.60. The number of hydrogen-bond donors (Lipinski definition) is 1. The van der Waals surface area contributed by atoms with Crippen LogP contribution in [0.4, 0.5) is 14.6 Å². The van der Waals surface area contributed by atoms with Gasteiger partial charge >= 0.3 is 6.01 Å². The van der Waals surface area contributed by atoms with Gasteiger partial charge in [0.15, 0.2) is 0 Å². The molecule has 45 heavy (non-hydrogen) atoms. The lowest BCUT2D eigenvalue weighted by atomic mass is 9.94. The van der Waals surface area contributed by atoms with Crippen molar-refractivity contribution in [2.75, 3.05) is 44.4 Å². The lowest BCUT2D eigenvalue weighted by molar-refractivity contribution is 0.107. The van der Waals surface area contributed by atoms with Crippen molar-refractivity contribution >= 4 is 34.3 Å². The second-order valence-corrected chi connectivity index (χ2v) is 12.8. The lowest BCUT2D eigenvalue weighted by Gasteiger charge is -2.32. The van der Waals surface area contributed by atoms with E-state index in [0.29, 0.717) is 79.1 Å². The molecule has 2 aromatic carbocycles. The molecule has 0 bridgehead atoms. The number of hydrogen-bond acceptors (Lipinski definition) is 8. The van der Waals surface area contributed by atoms with Crippen LogP contribution in [0.1, 0.15) is 69.9 Å². The fourth-order valence-corrected chi connectivity index (χ4v) is 8.01. The van der Waals surface area contributed by atoms with E-state index in [0.717, 1.165) is 62.4 Å². The number of fused-ring (bicyclic) bond motifs is 5. The third-order valence-electron chi connectivity index (χ3n) is 10.2. The first-order chi connectivity index (χ1) is 21.9. The van der Waals surface area contributed by atoms with Gasteiger partial charge in [-0.15, -0.1) is 0 Å². The second-order valence-electron chi connectivity index (χ2n) is 12.8. The maximum Gasteiger partial charge on any atom is 0.319 e. The molecule has 0 aliphatic carbocycles. The van der Waals surface area contributed by atoms with Gasteiger partial charge in [0, 0.05) is 24.4 Å². The molecule has 3 fully saturated rings. The maximum absolute atomic E-state index is 14.9. The number of rotatable bonds is 6. The topological polar surface area (TPSA) is 83.3 Å². The summed E-state index contributed by atoms with van der Waals surface area (Å²) in [4.78, 5) is 19.4. The zero-order valence-electron chi connectivity index (χ0n) is 26.1. The van der Waals surface area contributed by atoms with Crippen LogP contribution in [0.25, 0.3) is 22.8 Å². The highest BCUT2D eigenvalue weighted by atomic mass is 19.1. The van der Waals surface area contributed by atoms with Gasteiger partial charge in [0.25, 0.3) is 0 Å². The van der Waals surface area contributed by atoms with E-state index < -0.39 is 0 Å². The largest absolute Gasteiger partial charge is 0.508 e. The number of aromatic nitrogens is 2. The average Bonchev–Trinajstić information content (AvgIpc) is 3.48. The van der Waals surface area contributed by atoms with Crippen LogP contribution in [-0.4, -0.2) is 76.7 Å². The first-order valence-electron chi connectivity index (χ1n) is 16.3. The van der Waals surface area contributed by atoms with Crippen LogP contribution in [0.3, 0.4) is 0 Å². The van der Waals surface area contributed by atoms with Crippen molar-refractivity contribution in [1.29, 1.82) is 0 Å². The second kappa shape index (κ2) is 12.3. The number of phenolic OH excluding ortho intramolecular Hbond substituents is 1. The normalized spacial score (nSPS) is 22.3. The Labute approximate surface area is 262 Å². The van der Waals surface area contributed by atoms with Crippen molar-refractivity contribution in [2.45, 2.75) is 76.8 Å². The Morgan fingerprint density at radius 3 is 2.78 bits per heavy atom. The highest BCUT2D eigenvalue weighted by Gasteiger charge is 2.45. The lowest BCUT2D eigenvalue weighted by Crippen LogP contribution is -2.45. The Kier molecular flexibility index (Phi) is 8.20. The summed E-state index contributed by atoms with van der Waals surface area (Å²) >= 11 is 0. The minimum Gasteiger partial charge on any atom is -0.508 e. The number of phenols is 1. The molecule has 10 heteroatoms. The number of anilines is 1. The van der Waals surface area contributed by atoms with Crippen molar-refractivity contribution in [3.63, 3.8) is 0 Å². The van der Waals surface area contributed by atoms with Crippen LogP contribution >= 0.6 is 0 Å². The number of nitrogens with zero attached hydrogens (tertiary/aromatic N) is 5. The molecule has 0 spiro atoms. The van der Waals surface area contributed by atoms with Gasteiger partial charge in [-0.05, 0) is 106 Å². The van der Waals surface area contributed by atoms with Crippen molar-refractivity contribution in [3.8, 4) is 11.8 Å². The Bertz CT molecular complexity index is 1770. The van der Waals surface area contributed by atoms with E-state index in [1.54, 1.807) is 18.2 Å². The van der Waals surface area contributed by atoms with Crippen molar-refractivity contribution in [2.24, 2.45) is 4.99 Å². The summed E-state index contributed by atoms with van der Waals surface area (Å²) in [6.45, 7) is 8.33. The molecule has 4 aliphatic rings. The van der Waals surface area contributed by atoms with Crippen LogP contribution in [0.5, 0.6) is 11.8 Å². The standard InChI is InChI=1S/C35H41F2N5O3/c1-3-26-28(37)9-7-23-17-25(43)18-27(31(23)26)22(2)38-29-10-8-24-20-44-16-6-15-42(24)33-32(29)30(19-36)39-34(40-33)45-21-35-11-4-13-41(35)14-5-12-35/h7,9,17-19,24,43H,3-6,8,10-16,20-21H2,1-2H3/b30-19-,38-22?. The molecule has 3 saturated heterocycles. The number of aromatic hydroxyl groups is 1. The summed E-state index contributed by atoms with van der Waals surface area (Å²) in [7, 11) is 0. The fraction of sp³-hybridized carbons (Fsp3) is 0.514. The van der Waals surface area contributed by atoms with E-state index in [-0.39, 0.29) is 34.5 Å². The van der Waals surface area contributed by atoms with E-state index in [2.05, 4.69) is 14.8 Å². The molecule has 4 aliphatic heterocycles. The number of benzene rings is 2. The molecule has 0 saturated carbocycles. The highest BCUT2D eigenvalue weighted by molar-refractivity contribution is 6.12. The third-order valence-corrected chi connectivity index (χ3v) is 10.2. The molecule has 0 amide bonds. The van der Waals surface area contributed by atoms with Crippen LogP contribution in [-0.2, 0) is 11.2 Å². The molecule has 1 atom stereocenters. The van der Waals surface area contributed by atoms with Gasteiger partial charge in [0.2, 0.25) is 0 Å². The van der Waals surface area contributed by atoms with E-state index in [4.69, 9.17) is 19.5 Å². The minimum absolute atomic E-state index is 0.00818. The summed E-state index contributed by atoms with van der Waals surface area (Å²) < 4.78 is 42.1. The molecule has 0 radical (unpaired) electrons. The number of aryl methyl sites for hydroxylation is 1. The van der Waals surface area contributed by atoms with E-state index in [1.807, 2.05) is 13.8 Å². The van der Waals surface area contributed by atoms with Crippen LogP contribution in [0.15, 0.2) is 29.3 Å². The van der Waals surface area contributed by atoms with Crippen molar-refractivity contribution < 1.29 is 23.4 Å². The Morgan fingerprint density at radius 1 is 1.18 bits per heavy atom. The van der Waals surface area contributed by atoms with Gasteiger partial charge in [-0.2, -0.15) is 9.97 Å². The van der Waals surface area contributed by atoms with E-state index in [9.17, 15) is 13.9 Å². The van der Waals surface area contributed by atoms with E-state index in [1.165, 1.54) is 6.07 Å². The summed E-state index contributed by atoms with van der Waals surface area (Å²) in [6, 6.07) is 6.60. The number of aliphatic imine (C=N–C) groups is 1. The average molecular weight is 618 g/mol. The molecule has 238 valence electrons. The zero-order chi connectivity index (χ0) is 31.1. The molecular weight excluding hydrogens is 576 g/mol. The van der Waals surface area contributed by atoms with Gasteiger partial charge in [-0.25, -0.2) is 8.78 Å². The number of halogens is 2. The molecule has 3 aromatic rings. The fourth-order valence-electron chi connectivity index (χ4n) is 8.01. The number of ether oxygens (including phenoxy) is 2. The van der Waals surface area contributed by atoms with Crippen LogP contribution < -0.4 is 20.2 Å². The molecule has 1 N–H and O–H groups in total. The Balaban J connectivity index is 1.38. The molecule has 8 nitrogen and oxygen atoms in total. The van der Waals surface area contributed by atoms with Crippen molar-refractivity contribution in [1.82, 2.24) is 14.9 Å². The summed E-state index contributed by atoms with van der Waals surface area (Å²) in [5.41, 5.74) is 2.46. The van der Waals surface area contributed by atoms with Gasteiger partial charge in [-0.1, -0.05) is 13.0 Å². The molecule has 1 aromatic heterocycles. The van der Waals surface area contributed by atoms with E-state index >= 15 is 0 Å². The first-order valence-corrected chi connectivity index (χ1v) is 16.3. The Morgan fingerprint density at radius 2 is 2.00 bits per heavy atom. The van der Waals surface area contributed by atoms with Crippen LogP contribution in [0, 0.1) is 5.82 Å². The van der Waals surface area contributed by atoms with Gasteiger partial charge in [0.05, 0.1) is 29.1 Å². The first kappa shape index (κ1) is 30.0. The summed E-state index contributed by atoms with van der Waals surface area (Å²) in [5, 5.41) is 12.7. The zero-order valence-corrected chi connectivity index (χ0v) is 26.1. The minimum atomic E-state index is -0.293. The van der Waals surface area contributed by atoms with Gasteiger partial charge in [0.1, 0.15) is 35.7 Å². The quantitative estimate of drug-likeness (QED) is 0.400. The molecular formula is C35H41F2N5O3.